The van der Waals surface area contributed by atoms with Crippen LogP contribution in [-0.4, -0.2) is 38.5 Å². The average Bonchev–Trinajstić information content (AvgIpc) is 3.29. The number of non-ortho nitro benzene ring substituents is 1. The number of amides is 2. The molecule has 0 radical (unpaired) electrons. The van der Waals surface area contributed by atoms with Crippen molar-refractivity contribution in [2.24, 2.45) is 17.8 Å². The minimum Gasteiger partial charge on any atom is -0.508 e. The first-order valence-electron chi connectivity index (χ1n) is 10.7. The molecule has 34 heavy (non-hydrogen) atoms. The van der Waals surface area contributed by atoms with Gasteiger partial charge in [-0.15, -0.1) is 0 Å². The number of anilines is 1. The monoisotopic (exact) mass is 531 g/mol. The first-order valence-corrected chi connectivity index (χ1v) is 11.5. The highest BCUT2D eigenvalue weighted by molar-refractivity contribution is 9.10. The Morgan fingerprint density at radius 2 is 1.97 bits per heavy atom. The minimum absolute atomic E-state index is 0.000690. The van der Waals surface area contributed by atoms with Crippen LogP contribution in [-0.2, 0) is 14.4 Å². The molecule has 2 aromatic carbocycles. The van der Waals surface area contributed by atoms with E-state index in [1.54, 1.807) is 26.0 Å². The molecule has 2 fully saturated rings. The zero-order chi connectivity index (χ0) is 24.9. The Balaban J connectivity index is 1.92. The van der Waals surface area contributed by atoms with Gasteiger partial charge in [0.25, 0.3) is 5.69 Å². The number of carbonyl (C=O) groups excluding carboxylic acids is 2. The summed E-state index contributed by atoms with van der Waals surface area (Å²) in [6, 6.07) is 8.72. The molecule has 2 saturated heterocycles. The largest absolute Gasteiger partial charge is 0.508 e. The third-order valence-electron chi connectivity index (χ3n) is 6.96. The highest BCUT2D eigenvalue weighted by Crippen LogP contribution is 2.54. The summed E-state index contributed by atoms with van der Waals surface area (Å²) in [7, 11) is 0. The number of phenols is 1. The van der Waals surface area contributed by atoms with Crippen molar-refractivity contribution in [2.45, 2.75) is 31.8 Å². The minimum atomic E-state index is -1.79. The van der Waals surface area contributed by atoms with Gasteiger partial charge in [0.1, 0.15) is 11.3 Å². The summed E-state index contributed by atoms with van der Waals surface area (Å²) in [6.45, 7) is 3.48. The van der Waals surface area contributed by atoms with Gasteiger partial charge in [-0.3, -0.25) is 29.8 Å². The zero-order valence-electron chi connectivity index (χ0n) is 18.3. The lowest BCUT2D eigenvalue weighted by Gasteiger charge is -2.36. The summed E-state index contributed by atoms with van der Waals surface area (Å²) in [5.41, 5.74) is -1.82. The molecule has 2 amide bonds. The number of carboxylic acid groups (broad SMARTS) is 1. The number of carboxylic acids is 1. The van der Waals surface area contributed by atoms with Gasteiger partial charge in [0.15, 0.2) is 0 Å². The van der Waals surface area contributed by atoms with E-state index < -0.39 is 52.0 Å². The van der Waals surface area contributed by atoms with Crippen LogP contribution in [0.3, 0.4) is 0 Å². The van der Waals surface area contributed by atoms with Gasteiger partial charge in [0, 0.05) is 28.2 Å². The Labute approximate surface area is 202 Å². The fraction of sp³-hybridized carbons (Fsp3) is 0.348. The van der Waals surface area contributed by atoms with Gasteiger partial charge in [0.2, 0.25) is 11.8 Å². The number of hydrogen-bond donors (Lipinski definition) is 3. The molecule has 2 aliphatic heterocycles. The van der Waals surface area contributed by atoms with E-state index in [4.69, 9.17) is 0 Å². The van der Waals surface area contributed by atoms with Crippen molar-refractivity contribution in [1.82, 2.24) is 5.32 Å². The van der Waals surface area contributed by atoms with Crippen LogP contribution < -0.4 is 10.2 Å². The van der Waals surface area contributed by atoms with Gasteiger partial charge in [-0.05, 0) is 30.2 Å². The maximum absolute atomic E-state index is 13.7. The standard InChI is InChI=1S/C23H22BrN3O7/c1-3-11(2)23(22(31)32)18-17(19(25-23)15-9-12(24)7-8-16(15)28)20(29)26(21(18)30)13-5-4-6-14(10-13)27(33)34/h4-11,17-19,25,28H,3H2,1-2H3,(H,31,32). The first-order chi connectivity index (χ1) is 16.0. The SMILES string of the molecule is CCC(C)C1(C(=O)O)NC(c2cc(Br)ccc2O)C2C(=O)N(c3cccc([N+](=O)[O-])c3)C(=O)C21. The van der Waals surface area contributed by atoms with Gasteiger partial charge < -0.3 is 10.2 Å². The lowest BCUT2D eigenvalue weighted by Crippen LogP contribution is -2.59. The molecule has 10 nitrogen and oxygen atoms in total. The van der Waals surface area contributed by atoms with Crippen LogP contribution >= 0.6 is 15.9 Å². The van der Waals surface area contributed by atoms with Crippen molar-refractivity contribution in [3.05, 3.63) is 62.6 Å². The van der Waals surface area contributed by atoms with Crippen LogP contribution in [0.5, 0.6) is 5.75 Å². The summed E-state index contributed by atoms with van der Waals surface area (Å²) in [5, 5.41) is 35.2. The van der Waals surface area contributed by atoms with Crippen LogP contribution in [0, 0.1) is 27.9 Å². The Morgan fingerprint density at radius 1 is 1.26 bits per heavy atom. The fourth-order valence-corrected chi connectivity index (χ4v) is 5.54. The number of rotatable bonds is 6. The van der Waals surface area contributed by atoms with Crippen molar-refractivity contribution in [2.75, 3.05) is 4.90 Å². The predicted octanol–water partition coefficient (Wildman–Crippen LogP) is 3.38. The molecule has 4 rings (SSSR count). The number of imide groups is 1. The summed E-state index contributed by atoms with van der Waals surface area (Å²) < 4.78 is 0.599. The number of hydrogen-bond acceptors (Lipinski definition) is 7. The number of halogens is 1. The molecule has 0 saturated carbocycles. The van der Waals surface area contributed by atoms with E-state index in [1.807, 2.05) is 0 Å². The lowest BCUT2D eigenvalue weighted by molar-refractivity contribution is -0.384. The third-order valence-corrected chi connectivity index (χ3v) is 7.46. The number of nitro benzene ring substituents is 1. The van der Waals surface area contributed by atoms with Crippen molar-refractivity contribution in [3.63, 3.8) is 0 Å². The molecule has 2 aliphatic rings. The zero-order valence-corrected chi connectivity index (χ0v) is 19.9. The smallest absolute Gasteiger partial charge is 0.325 e. The summed E-state index contributed by atoms with van der Waals surface area (Å²) in [6.07, 6.45) is 0.401. The molecule has 5 atom stereocenters. The molecule has 0 aliphatic carbocycles. The van der Waals surface area contributed by atoms with Crippen molar-refractivity contribution >= 4 is 45.1 Å². The number of aromatic hydroxyl groups is 1. The topological polar surface area (TPSA) is 150 Å². The van der Waals surface area contributed by atoms with E-state index in [0.29, 0.717) is 10.9 Å². The quantitative estimate of drug-likeness (QED) is 0.291. The van der Waals surface area contributed by atoms with E-state index in [0.717, 1.165) is 11.0 Å². The molecule has 0 aromatic heterocycles. The number of nitrogens with one attached hydrogen (secondary N) is 1. The lowest BCUT2D eigenvalue weighted by atomic mass is 9.72. The maximum Gasteiger partial charge on any atom is 0.325 e. The van der Waals surface area contributed by atoms with Gasteiger partial charge in [-0.2, -0.15) is 0 Å². The van der Waals surface area contributed by atoms with Crippen LogP contribution in [0.4, 0.5) is 11.4 Å². The second-order valence-corrected chi connectivity index (χ2v) is 9.52. The van der Waals surface area contributed by atoms with Gasteiger partial charge in [-0.1, -0.05) is 42.3 Å². The van der Waals surface area contributed by atoms with Gasteiger partial charge in [0.05, 0.1) is 22.4 Å². The van der Waals surface area contributed by atoms with E-state index in [2.05, 4.69) is 21.2 Å². The highest BCUT2D eigenvalue weighted by Gasteiger charge is 2.70. The number of carbonyl (C=O) groups is 3. The number of benzene rings is 2. The van der Waals surface area contributed by atoms with E-state index in [9.17, 15) is 34.7 Å². The number of nitro groups is 1. The van der Waals surface area contributed by atoms with E-state index in [1.165, 1.54) is 24.3 Å². The number of fused-ring (bicyclic) bond motifs is 1. The molecule has 2 heterocycles. The molecule has 11 heteroatoms. The Kier molecular flexibility index (Phi) is 5.94. The first kappa shape index (κ1) is 23.8. The fourth-order valence-electron chi connectivity index (χ4n) is 5.16. The molecule has 2 aromatic rings. The summed E-state index contributed by atoms with van der Waals surface area (Å²) in [4.78, 5) is 51.6. The van der Waals surface area contributed by atoms with Crippen molar-refractivity contribution < 1.29 is 29.5 Å². The van der Waals surface area contributed by atoms with Crippen LogP contribution in [0.25, 0.3) is 0 Å². The van der Waals surface area contributed by atoms with Crippen molar-refractivity contribution in [3.8, 4) is 5.75 Å². The molecule has 0 spiro atoms. The second-order valence-electron chi connectivity index (χ2n) is 8.60. The van der Waals surface area contributed by atoms with Gasteiger partial charge >= 0.3 is 5.97 Å². The summed E-state index contributed by atoms with van der Waals surface area (Å²) in [5.74, 6) is -5.85. The van der Waals surface area contributed by atoms with Crippen LogP contribution in [0.15, 0.2) is 46.9 Å². The van der Waals surface area contributed by atoms with Crippen LogP contribution in [0.2, 0.25) is 0 Å². The molecule has 178 valence electrons. The molecule has 5 unspecified atom stereocenters. The summed E-state index contributed by atoms with van der Waals surface area (Å²) >= 11 is 3.33. The number of phenolic OH excluding ortho intramolecular Hbond substituents is 1. The van der Waals surface area contributed by atoms with Gasteiger partial charge in [-0.25, -0.2) is 4.90 Å². The average molecular weight is 532 g/mol. The molecule has 0 bridgehead atoms. The maximum atomic E-state index is 13.7. The third kappa shape index (κ3) is 3.38. The molecular formula is C23H22BrN3O7. The van der Waals surface area contributed by atoms with Crippen molar-refractivity contribution in [1.29, 1.82) is 0 Å². The Hall–Kier alpha value is -3.31. The Bertz CT molecular complexity index is 1220. The van der Waals surface area contributed by atoms with Crippen LogP contribution in [0.1, 0.15) is 31.9 Å². The number of aliphatic carboxylic acids is 1. The molecular weight excluding hydrogens is 510 g/mol. The van der Waals surface area contributed by atoms with E-state index >= 15 is 0 Å². The van der Waals surface area contributed by atoms with E-state index in [-0.39, 0.29) is 22.7 Å². The highest BCUT2D eigenvalue weighted by atomic mass is 79.9. The Morgan fingerprint density at radius 3 is 2.59 bits per heavy atom. The predicted molar refractivity (Wildman–Crippen MR) is 124 cm³/mol. The normalized spacial score (nSPS) is 27.0. The number of nitrogens with zero attached hydrogens (tertiary/aromatic N) is 2. The second kappa shape index (κ2) is 8.48. The molecule has 3 N–H and O–H groups in total.